The molecule has 0 aromatic carbocycles. The summed E-state index contributed by atoms with van der Waals surface area (Å²) in [6, 6.07) is 1.61. The Morgan fingerprint density at radius 2 is 2.47 bits per heavy atom. The molecular weight excluding hydrogens is 214 g/mol. The van der Waals surface area contributed by atoms with Crippen LogP contribution in [0, 0.1) is 0 Å². The van der Waals surface area contributed by atoms with E-state index in [4.69, 9.17) is 9.84 Å². The lowest BCUT2D eigenvalue weighted by Crippen LogP contribution is -2.27. The number of rotatable bonds is 3. The van der Waals surface area contributed by atoms with E-state index < -0.39 is 5.97 Å². The van der Waals surface area contributed by atoms with Gasteiger partial charge in [0.25, 0.3) is 0 Å². The molecule has 1 atom stereocenters. The molecule has 2 rings (SSSR count). The molecule has 1 aliphatic heterocycles. The average Bonchev–Trinajstić information content (AvgIpc) is 2.67. The van der Waals surface area contributed by atoms with Gasteiger partial charge in [0, 0.05) is 6.61 Å². The van der Waals surface area contributed by atoms with Gasteiger partial charge in [0.2, 0.25) is 0 Å². The Morgan fingerprint density at radius 3 is 3.13 bits per heavy atom. The van der Waals surface area contributed by atoms with Gasteiger partial charge in [0.05, 0.1) is 5.56 Å². The maximum absolute atomic E-state index is 10.9. The van der Waals surface area contributed by atoms with Gasteiger partial charge in [-0.25, -0.2) is 4.79 Å². The van der Waals surface area contributed by atoms with E-state index in [9.17, 15) is 4.79 Å². The normalized spacial score (nSPS) is 21.2. The number of anilines is 1. The molecule has 1 aromatic heterocycles. The lowest BCUT2D eigenvalue weighted by molar-refractivity contribution is 0.0344. The van der Waals surface area contributed by atoms with Gasteiger partial charge in [0.15, 0.2) is 0 Å². The van der Waals surface area contributed by atoms with Crippen molar-refractivity contribution in [2.24, 2.45) is 0 Å². The number of ether oxygens (including phenoxy) is 1. The van der Waals surface area contributed by atoms with Gasteiger partial charge in [-0.2, -0.15) is 0 Å². The van der Waals surface area contributed by atoms with Gasteiger partial charge in [-0.05, 0) is 30.7 Å². The van der Waals surface area contributed by atoms with E-state index in [1.165, 1.54) is 11.3 Å². The molecule has 1 fully saturated rings. The van der Waals surface area contributed by atoms with Crippen LogP contribution in [0.1, 0.15) is 29.6 Å². The zero-order chi connectivity index (χ0) is 10.7. The maximum atomic E-state index is 10.9. The van der Waals surface area contributed by atoms with E-state index >= 15 is 0 Å². The Labute approximate surface area is 91.9 Å². The molecule has 0 aliphatic carbocycles. The summed E-state index contributed by atoms with van der Waals surface area (Å²) >= 11 is 1.40. The number of thiophene rings is 1. The smallest absolute Gasteiger partial charge is 0.338 e. The first kappa shape index (κ1) is 10.4. The van der Waals surface area contributed by atoms with Gasteiger partial charge in [-0.15, -0.1) is 11.3 Å². The fourth-order valence-corrected chi connectivity index (χ4v) is 2.41. The van der Waals surface area contributed by atoms with E-state index in [-0.39, 0.29) is 6.23 Å². The molecular formula is C10H13NO3S. The Balaban J connectivity index is 2.03. The van der Waals surface area contributed by atoms with Crippen LogP contribution >= 0.6 is 11.3 Å². The third kappa shape index (κ3) is 2.49. The molecule has 0 spiro atoms. The van der Waals surface area contributed by atoms with Gasteiger partial charge in [-0.3, -0.25) is 0 Å². The van der Waals surface area contributed by atoms with Crippen LogP contribution in [0.5, 0.6) is 0 Å². The lowest BCUT2D eigenvalue weighted by atomic mass is 10.2. The van der Waals surface area contributed by atoms with E-state index in [0.717, 1.165) is 25.9 Å². The number of hydrogen-bond acceptors (Lipinski definition) is 4. The standard InChI is InChI=1S/C10H13NO3S/c12-10(13)7-4-6-15-9(7)11-8-3-1-2-5-14-8/h4,6,8,11H,1-3,5H2,(H,12,13). The molecule has 0 amide bonds. The zero-order valence-electron chi connectivity index (χ0n) is 8.23. The summed E-state index contributed by atoms with van der Waals surface area (Å²) in [4.78, 5) is 10.9. The van der Waals surface area contributed by atoms with Crippen molar-refractivity contribution in [3.05, 3.63) is 17.0 Å². The first-order valence-corrected chi connectivity index (χ1v) is 5.84. The topological polar surface area (TPSA) is 58.6 Å². The van der Waals surface area contributed by atoms with Crippen LogP contribution in [-0.4, -0.2) is 23.9 Å². The summed E-state index contributed by atoms with van der Waals surface area (Å²) in [6.07, 6.45) is 3.13. The molecule has 2 heterocycles. The van der Waals surface area contributed by atoms with Crippen molar-refractivity contribution in [2.45, 2.75) is 25.5 Å². The highest BCUT2D eigenvalue weighted by Crippen LogP contribution is 2.26. The SMILES string of the molecule is O=C(O)c1ccsc1NC1CCCCO1. The fourth-order valence-electron chi connectivity index (χ4n) is 1.59. The van der Waals surface area contributed by atoms with Crippen molar-refractivity contribution in [3.8, 4) is 0 Å². The molecule has 82 valence electrons. The number of aromatic carboxylic acids is 1. The first-order valence-electron chi connectivity index (χ1n) is 4.96. The second kappa shape index (κ2) is 4.63. The third-order valence-corrected chi connectivity index (χ3v) is 3.21. The van der Waals surface area contributed by atoms with Crippen molar-refractivity contribution in [1.82, 2.24) is 0 Å². The summed E-state index contributed by atoms with van der Waals surface area (Å²) in [5.41, 5.74) is 0.328. The summed E-state index contributed by atoms with van der Waals surface area (Å²) in [5, 5.41) is 14.5. The summed E-state index contributed by atoms with van der Waals surface area (Å²) in [7, 11) is 0. The third-order valence-electron chi connectivity index (χ3n) is 2.37. The van der Waals surface area contributed by atoms with Crippen molar-refractivity contribution >= 4 is 22.3 Å². The van der Waals surface area contributed by atoms with Gasteiger partial charge in [0.1, 0.15) is 11.2 Å². The fraction of sp³-hybridized carbons (Fsp3) is 0.500. The molecule has 1 saturated heterocycles. The zero-order valence-corrected chi connectivity index (χ0v) is 9.05. The van der Waals surface area contributed by atoms with E-state index in [1.807, 2.05) is 0 Å². The van der Waals surface area contributed by atoms with Crippen LogP contribution in [0.3, 0.4) is 0 Å². The number of carboxylic acids is 1. The maximum Gasteiger partial charge on any atom is 0.338 e. The minimum atomic E-state index is -0.894. The summed E-state index contributed by atoms with van der Waals surface area (Å²) in [6.45, 7) is 0.755. The highest BCUT2D eigenvalue weighted by Gasteiger charge is 2.17. The molecule has 4 nitrogen and oxygen atoms in total. The number of carboxylic acid groups (broad SMARTS) is 1. The molecule has 0 bridgehead atoms. The Hall–Kier alpha value is -1.07. The Bertz CT molecular complexity index is 344. The molecule has 5 heteroatoms. The molecule has 0 radical (unpaired) electrons. The van der Waals surface area contributed by atoms with Crippen LogP contribution in [0.2, 0.25) is 0 Å². The Morgan fingerprint density at radius 1 is 1.60 bits per heavy atom. The summed E-state index contributed by atoms with van der Waals surface area (Å²) in [5.74, 6) is -0.894. The van der Waals surface area contributed by atoms with E-state index in [1.54, 1.807) is 11.4 Å². The van der Waals surface area contributed by atoms with Gasteiger partial charge < -0.3 is 15.2 Å². The van der Waals surface area contributed by atoms with Crippen LogP contribution < -0.4 is 5.32 Å². The van der Waals surface area contributed by atoms with Crippen LogP contribution in [0.4, 0.5) is 5.00 Å². The minimum absolute atomic E-state index is 0.0319. The second-order valence-electron chi connectivity index (χ2n) is 3.47. The number of hydrogen-bond donors (Lipinski definition) is 2. The van der Waals surface area contributed by atoms with Crippen molar-refractivity contribution in [2.75, 3.05) is 11.9 Å². The average molecular weight is 227 g/mol. The lowest BCUT2D eigenvalue weighted by Gasteiger charge is -2.23. The number of carbonyl (C=O) groups is 1. The highest BCUT2D eigenvalue weighted by atomic mass is 32.1. The van der Waals surface area contributed by atoms with Gasteiger partial charge in [-0.1, -0.05) is 0 Å². The van der Waals surface area contributed by atoms with E-state index in [0.29, 0.717) is 10.6 Å². The molecule has 1 aliphatic rings. The van der Waals surface area contributed by atoms with Crippen LogP contribution in [0.15, 0.2) is 11.4 Å². The summed E-state index contributed by atoms with van der Waals surface area (Å²) < 4.78 is 5.49. The monoisotopic (exact) mass is 227 g/mol. The highest BCUT2D eigenvalue weighted by molar-refractivity contribution is 7.14. The molecule has 0 saturated carbocycles. The number of nitrogens with one attached hydrogen (secondary N) is 1. The molecule has 1 unspecified atom stereocenters. The van der Waals surface area contributed by atoms with Gasteiger partial charge >= 0.3 is 5.97 Å². The molecule has 1 aromatic rings. The predicted octanol–water partition coefficient (Wildman–Crippen LogP) is 2.38. The van der Waals surface area contributed by atoms with Crippen molar-refractivity contribution < 1.29 is 14.6 Å². The largest absolute Gasteiger partial charge is 0.478 e. The van der Waals surface area contributed by atoms with Crippen LogP contribution in [0.25, 0.3) is 0 Å². The van der Waals surface area contributed by atoms with E-state index in [2.05, 4.69) is 5.32 Å². The molecule has 15 heavy (non-hydrogen) atoms. The first-order chi connectivity index (χ1) is 7.27. The second-order valence-corrected chi connectivity index (χ2v) is 4.38. The van der Waals surface area contributed by atoms with Crippen molar-refractivity contribution in [1.29, 1.82) is 0 Å². The minimum Gasteiger partial charge on any atom is -0.478 e. The molecule has 2 N–H and O–H groups in total. The Kier molecular flexibility index (Phi) is 3.23. The van der Waals surface area contributed by atoms with Crippen LogP contribution in [-0.2, 0) is 4.74 Å². The predicted molar refractivity (Wildman–Crippen MR) is 58.5 cm³/mol. The van der Waals surface area contributed by atoms with Crippen molar-refractivity contribution in [3.63, 3.8) is 0 Å². The quantitative estimate of drug-likeness (QED) is 0.832.